The fourth-order valence-corrected chi connectivity index (χ4v) is 7.18. The molecule has 0 spiro atoms. The molecule has 0 atom stereocenters. The average Bonchev–Trinajstić information content (AvgIpc) is 3.47. The molecule has 1 aliphatic rings. The van der Waals surface area contributed by atoms with E-state index in [2.05, 4.69) is 87.2 Å². The molecule has 0 N–H and O–H groups in total. The number of hydrogen-bond donors (Lipinski definition) is 0. The Kier molecular flexibility index (Phi) is 31.7. The van der Waals surface area contributed by atoms with Crippen LogP contribution in [0.5, 0.6) is 0 Å². The molecule has 3 rings (SSSR count). The van der Waals surface area contributed by atoms with E-state index >= 15 is 0 Å². The Labute approximate surface area is 343 Å². The van der Waals surface area contributed by atoms with E-state index in [1.54, 1.807) is 0 Å². The second-order valence-electron chi connectivity index (χ2n) is 15.0. The fraction of sp³-hybridized carbons (Fsp3) is 0.600. The van der Waals surface area contributed by atoms with Crippen molar-refractivity contribution in [3.05, 3.63) is 103 Å². The molecule has 0 fully saturated rings. The Hall–Kier alpha value is -2.26. The van der Waals surface area contributed by atoms with Gasteiger partial charge >= 0.3 is 20.4 Å². The van der Waals surface area contributed by atoms with E-state index in [-0.39, 0.29) is 35.3 Å². The Morgan fingerprint density at radius 3 is 1.45 bits per heavy atom. The zero-order valence-corrected chi connectivity index (χ0v) is 36.6. The van der Waals surface area contributed by atoms with Gasteiger partial charge in [-0.25, -0.2) is 4.70 Å². The Morgan fingerprint density at radius 1 is 0.509 bits per heavy atom. The predicted octanol–water partition coefficient (Wildman–Crippen LogP) is 16.3. The van der Waals surface area contributed by atoms with Crippen LogP contribution in [0.15, 0.2) is 60.2 Å². The van der Waals surface area contributed by atoms with Crippen molar-refractivity contribution in [3.8, 4) is 11.8 Å². The molecule has 1 aliphatic heterocycles. The van der Waals surface area contributed by atoms with E-state index in [0.29, 0.717) is 0 Å². The zero-order chi connectivity index (χ0) is 35.5. The van der Waals surface area contributed by atoms with Gasteiger partial charge in [0, 0.05) is 23.6 Å². The van der Waals surface area contributed by atoms with Crippen molar-refractivity contribution in [3.63, 3.8) is 0 Å². The average molecular weight is 814 g/mol. The van der Waals surface area contributed by atoms with Crippen molar-refractivity contribution in [1.82, 2.24) is 0 Å². The van der Waals surface area contributed by atoms with Crippen molar-refractivity contribution >= 4 is 11.4 Å². The molecule has 53 heavy (non-hydrogen) atoms. The van der Waals surface area contributed by atoms with E-state index in [9.17, 15) is 5.53 Å². The summed E-state index contributed by atoms with van der Waals surface area (Å²) in [6, 6.07) is 17.4. The molecule has 3 heteroatoms. The quantitative estimate of drug-likeness (QED) is 0.0269. The monoisotopic (exact) mass is 813 g/mol. The number of benzene rings is 2. The molecule has 0 amide bonds. The Bertz CT molecular complexity index is 1340. The molecular weight excluding hydrogens is 735 g/mol. The zero-order valence-electron chi connectivity index (χ0n) is 35.0. The van der Waals surface area contributed by atoms with E-state index in [4.69, 9.17) is 0 Å². The molecule has 1 heterocycles. The van der Waals surface area contributed by atoms with Gasteiger partial charge in [0.2, 0.25) is 11.4 Å². The predicted molar refractivity (Wildman–Crippen MR) is 232 cm³/mol. The second-order valence-corrected chi connectivity index (χ2v) is 15.0. The first-order chi connectivity index (χ1) is 24.7. The molecule has 0 aromatic heterocycles. The van der Waals surface area contributed by atoms with E-state index < -0.39 is 0 Å². The maximum absolute atomic E-state index is 11.5. The van der Waals surface area contributed by atoms with Crippen molar-refractivity contribution in [2.24, 2.45) is 0 Å². The molecule has 0 aliphatic carbocycles. The molecule has 2 aromatic carbocycles. The molecule has 0 saturated carbocycles. The summed E-state index contributed by atoms with van der Waals surface area (Å²) in [6.45, 7) is 6.77. The summed E-state index contributed by atoms with van der Waals surface area (Å²) in [5.74, 6) is 6.94. The molecule has 2 nitrogen and oxygen atoms in total. The number of rotatable bonds is 28. The molecule has 0 radical (unpaired) electrons. The van der Waals surface area contributed by atoms with Gasteiger partial charge in [-0.15, -0.1) is 0 Å². The molecule has 0 bridgehead atoms. The summed E-state index contributed by atoms with van der Waals surface area (Å²) in [7, 11) is 0. The minimum atomic E-state index is 0. The summed E-state index contributed by atoms with van der Waals surface area (Å²) < 4.78 is 1.38. The minimum Gasteiger partial charge on any atom is -0.493 e. The summed E-state index contributed by atoms with van der Waals surface area (Å²) in [6.07, 6.45) is 37.9. The number of nitrogens with zero attached hydrogens (tertiary/aromatic N) is 2. The second kappa shape index (κ2) is 33.1. The van der Waals surface area contributed by atoms with Gasteiger partial charge in [-0.05, 0) is 67.5 Å². The van der Waals surface area contributed by atoms with E-state index in [1.807, 2.05) is 0 Å². The van der Waals surface area contributed by atoms with Crippen LogP contribution in [0.3, 0.4) is 0 Å². The summed E-state index contributed by atoms with van der Waals surface area (Å²) >= 11 is 0. The van der Waals surface area contributed by atoms with Gasteiger partial charge in [0.05, 0.1) is 0 Å². The van der Waals surface area contributed by atoms with Gasteiger partial charge in [0.25, 0.3) is 0 Å². The van der Waals surface area contributed by atoms with Gasteiger partial charge in [-0.1, -0.05) is 192 Å². The minimum absolute atomic E-state index is 0. The van der Waals surface area contributed by atoms with Crippen molar-refractivity contribution in [1.29, 1.82) is 0 Å². The van der Waals surface area contributed by atoms with Crippen LogP contribution in [0.1, 0.15) is 204 Å². The maximum Gasteiger partial charge on any atom is 2.00 e. The maximum atomic E-state index is 11.5. The summed E-state index contributed by atoms with van der Waals surface area (Å²) in [5.41, 5.74) is 18.8. The first-order valence-electron chi connectivity index (χ1n) is 21.3. The van der Waals surface area contributed by atoms with Crippen LogP contribution < -0.4 is 0 Å². The van der Waals surface area contributed by atoms with E-state index in [0.717, 1.165) is 53.8 Å². The number of hydrogen-bond acceptors (Lipinski definition) is 0. The van der Waals surface area contributed by atoms with Crippen LogP contribution in [0.4, 0.5) is 0 Å². The smallest absolute Gasteiger partial charge is 0.493 e. The first kappa shape index (κ1) is 50.7. The molecule has 2 aromatic rings. The van der Waals surface area contributed by atoms with Crippen molar-refractivity contribution in [2.45, 2.75) is 194 Å². The van der Waals surface area contributed by atoms with Gasteiger partial charge in [0.1, 0.15) is 5.57 Å². The summed E-state index contributed by atoms with van der Waals surface area (Å²) in [5, 5.41) is 0. The molecule has 0 saturated heterocycles. The summed E-state index contributed by atoms with van der Waals surface area (Å²) in [4.78, 5) is 0. The SMILES string of the molecule is CCCCCCCCCCCCCCCCCCCCCCC#CC1=C(c2ccc(CCCC)cc2)[N+](=[N-])C(c2cccc(CCCC)c2)=C1.[CH3-].[CH3-].[Pd+2]. The van der Waals surface area contributed by atoms with Gasteiger partial charge in [-0.2, -0.15) is 0 Å². The largest absolute Gasteiger partial charge is 2.00 e. The van der Waals surface area contributed by atoms with Crippen LogP contribution in [0.25, 0.3) is 16.9 Å². The third kappa shape index (κ3) is 20.8. The Morgan fingerprint density at radius 2 is 0.962 bits per heavy atom. The van der Waals surface area contributed by atoms with Crippen molar-refractivity contribution in [2.75, 3.05) is 0 Å². The number of unbranched alkanes of at least 4 members (excludes halogenated alkanes) is 22. The third-order valence-electron chi connectivity index (χ3n) is 10.4. The molecule has 298 valence electrons. The van der Waals surface area contributed by atoms with E-state index in [1.165, 1.54) is 164 Å². The van der Waals surface area contributed by atoms with Crippen LogP contribution in [-0.4, -0.2) is 4.70 Å². The fourth-order valence-electron chi connectivity index (χ4n) is 7.18. The molecular formula is C50H78N2Pd. The standard InChI is InChI=1S/C48H72N2.2CH3.Pd/c1-4-7-10-11-12-13-14-15-16-17-18-19-20-21-22-23-24-25-26-27-28-29-34-46-41-47(45-35-30-33-43(40-45)32-9-6-3)50(49)48(46)44-38-36-42(37-39-44)31-8-5-2;;;/h30,33,35-41H,4-28,31-32H2,1-3H3;2*1H3;/q;2*-1;+2. The molecule has 0 unspecified atom stereocenters. The van der Waals surface area contributed by atoms with Crippen LogP contribution >= 0.6 is 0 Å². The van der Waals surface area contributed by atoms with Gasteiger partial charge in [-0.3, -0.25) is 0 Å². The van der Waals surface area contributed by atoms with Crippen LogP contribution in [0.2, 0.25) is 0 Å². The van der Waals surface area contributed by atoms with Gasteiger partial charge in [0.15, 0.2) is 0 Å². The topological polar surface area (TPSA) is 25.3 Å². The van der Waals surface area contributed by atoms with Crippen LogP contribution in [-0.2, 0) is 33.3 Å². The van der Waals surface area contributed by atoms with Gasteiger partial charge < -0.3 is 20.4 Å². The van der Waals surface area contributed by atoms with Crippen LogP contribution in [0, 0.1) is 26.7 Å². The Balaban J connectivity index is 0.00000901. The first-order valence-corrected chi connectivity index (χ1v) is 21.3. The number of allylic oxidation sites excluding steroid dienone is 2. The normalized spacial score (nSPS) is 12.1. The number of aryl methyl sites for hydroxylation is 2. The van der Waals surface area contributed by atoms with Crippen molar-refractivity contribution < 1.29 is 25.1 Å². The third-order valence-corrected chi connectivity index (χ3v) is 10.4.